The molecule has 8 heteroatoms. The van der Waals surface area contributed by atoms with E-state index in [0.717, 1.165) is 26.7 Å². The highest BCUT2D eigenvalue weighted by molar-refractivity contribution is 8.00. The molecular weight excluding hydrogens is 474 g/mol. The molecule has 178 valence electrons. The number of nitrogens with zero attached hydrogens (tertiary/aromatic N) is 2. The first-order valence-corrected chi connectivity index (χ1v) is 12.2. The zero-order chi connectivity index (χ0) is 25.2. The van der Waals surface area contributed by atoms with E-state index >= 15 is 0 Å². The standard InChI is InChI=1S/C28H21N3O4S/c1-18(28(33)30-25-11-4-2-9-23(25)24-10-3-5-12-26(24)30)36-22-8-6-7-20(17-22)29-27(32)19-13-15-21(16-14-19)31(34)35/h2-18H,1H3,(H,29,32). The van der Waals surface area contributed by atoms with Gasteiger partial charge in [0.2, 0.25) is 5.91 Å². The van der Waals surface area contributed by atoms with Crippen LogP contribution in [0.2, 0.25) is 0 Å². The SMILES string of the molecule is CC(Sc1cccc(NC(=O)c2ccc([N+](=O)[O-])cc2)c1)C(=O)n1c2ccccc2c2ccccc21. The number of rotatable bonds is 6. The van der Waals surface area contributed by atoms with E-state index in [1.165, 1.54) is 36.0 Å². The molecule has 36 heavy (non-hydrogen) atoms. The second-order valence-corrected chi connectivity index (χ2v) is 9.67. The zero-order valence-electron chi connectivity index (χ0n) is 19.3. The van der Waals surface area contributed by atoms with Gasteiger partial charge in [-0.1, -0.05) is 42.5 Å². The number of para-hydroxylation sites is 2. The number of carbonyl (C=O) groups excluding carboxylic acids is 2. The van der Waals surface area contributed by atoms with Crippen molar-refractivity contribution in [2.45, 2.75) is 17.1 Å². The first-order valence-electron chi connectivity index (χ1n) is 11.3. The summed E-state index contributed by atoms with van der Waals surface area (Å²) in [6.45, 7) is 1.87. The van der Waals surface area contributed by atoms with Crippen molar-refractivity contribution in [1.29, 1.82) is 0 Å². The van der Waals surface area contributed by atoms with Crippen molar-refractivity contribution >= 4 is 56.8 Å². The lowest BCUT2D eigenvalue weighted by atomic mass is 10.2. The Bertz CT molecular complexity index is 1570. The lowest BCUT2D eigenvalue weighted by molar-refractivity contribution is -0.384. The number of nitro benzene ring substituents is 1. The van der Waals surface area contributed by atoms with Crippen molar-refractivity contribution in [2.75, 3.05) is 5.32 Å². The van der Waals surface area contributed by atoms with E-state index in [1.54, 1.807) is 10.6 Å². The topological polar surface area (TPSA) is 94.2 Å². The second-order valence-electron chi connectivity index (χ2n) is 8.25. The lowest BCUT2D eigenvalue weighted by Gasteiger charge is -2.14. The van der Waals surface area contributed by atoms with Gasteiger partial charge in [0.05, 0.1) is 21.2 Å². The van der Waals surface area contributed by atoms with Gasteiger partial charge in [-0.3, -0.25) is 24.3 Å². The lowest BCUT2D eigenvalue weighted by Crippen LogP contribution is -2.21. The average molecular weight is 496 g/mol. The first-order chi connectivity index (χ1) is 17.4. The number of thioether (sulfide) groups is 1. The maximum Gasteiger partial charge on any atom is 0.269 e. The Morgan fingerprint density at radius 1 is 0.861 bits per heavy atom. The van der Waals surface area contributed by atoms with Crippen molar-refractivity contribution < 1.29 is 14.5 Å². The summed E-state index contributed by atoms with van der Waals surface area (Å²) in [7, 11) is 0. The molecule has 1 heterocycles. The molecule has 0 aliphatic carbocycles. The number of hydrogen-bond acceptors (Lipinski definition) is 5. The van der Waals surface area contributed by atoms with Gasteiger partial charge in [0.15, 0.2) is 0 Å². The Morgan fingerprint density at radius 3 is 2.08 bits per heavy atom. The summed E-state index contributed by atoms with van der Waals surface area (Å²) in [5.74, 6) is -0.404. The molecule has 7 nitrogen and oxygen atoms in total. The number of aromatic nitrogens is 1. The van der Waals surface area contributed by atoms with Crippen LogP contribution in [0.1, 0.15) is 22.1 Å². The normalized spacial score (nSPS) is 11.9. The fraction of sp³-hybridized carbons (Fsp3) is 0.0714. The van der Waals surface area contributed by atoms with E-state index in [2.05, 4.69) is 5.32 Å². The van der Waals surface area contributed by atoms with Gasteiger partial charge in [-0.15, -0.1) is 11.8 Å². The van der Waals surface area contributed by atoms with Gasteiger partial charge in [-0.05, 0) is 49.4 Å². The Kier molecular flexibility index (Phi) is 6.26. The van der Waals surface area contributed by atoms with Crippen LogP contribution in [0.4, 0.5) is 11.4 Å². The maximum atomic E-state index is 13.6. The maximum absolute atomic E-state index is 13.6. The Morgan fingerprint density at radius 2 is 1.47 bits per heavy atom. The molecule has 0 saturated carbocycles. The summed E-state index contributed by atoms with van der Waals surface area (Å²) in [5.41, 5.74) is 2.56. The molecule has 1 amide bonds. The Hall–Kier alpha value is -4.43. The summed E-state index contributed by atoms with van der Waals surface area (Å²) in [6, 6.07) is 28.5. The molecule has 1 aromatic heterocycles. The van der Waals surface area contributed by atoms with Crippen molar-refractivity contribution in [3.05, 3.63) is 113 Å². The molecule has 5 rings (SSSR count). The van der Waals surface area contributed by atoms with Gasteiger partial charge < -0.3 is 5.32 Å². The summed E-state index contributed by atoms with van der Waals surface area (Å²) in [6.07, 6.45) is 0. The van der Waals surface area contributed by atoms with Crippen molar-refractivity contribution in [2.24, 2.45) is 0 Å². The highest BCUT2D eigenvalue weighted by Gasteiger charge is 2.22. The molecule has 0 saturated heterocycles. The number of benzene rings is 4. The molecule has 0 bridgehead atoms. The van der Waals surface area contributed by atoms with Crippen LogP contribution in [0.15, 0.2) is 102 Å². The molecule has 5 aromatic rings. The average Bonchev–Trinajstić information content (AvgIpc) is 3.23. The summed E-state index contributed by atoms with van der Waals surface area (Å²) >= 11 is 1.41. The second kappa shape index (κ2) is 9.67. The molecule has 4 aromatic carbocycles. The molecule has 0 aliphatic heterocycles. The smallest absolute Gasteiger partial charge is 0.269 e. The number of non-ortho nitro benzene ring substituents is 1. The molecule has 0 aliphatic rings. The van der Waals surface area contributed by atoms with Crippen LogP contribution < -0.4 is 5.32 Å². The number of nitro groups is 1. The zero-order valence-corrected chi connectivity index (χ0v) is 20.1. The monoisotopic (exact) mass is 495 g/mol. The fourth-order valence-corrected chi connectivity index (χ4v) is 5.15. The van der Waals surface area contributed by atoms with Crippen LogP contribution in [0.5, 0.6) is 0 Å². The van der Waals surface area contributed by atoms with E-state index in [4.69, 9.17) is 0 Å². The quantitative estimate of drug-likeness (QED) is 0.159. The molecule has 0 fully saturated rings. The number of hydrogen-bond donors (Lipinski definition) is 1. The van der Waals surface area contributed by atoms with Crippen LogP contribution in [0, 0.1) is 10.1 Å². The van der Waals surface area contributed by atoms with Crippen LogP contribution in [0.25, 0.3) is 21.8 Å². The largest absolute Gasteiger partial charge is 0.322 e. The van der Waals surface area contributed by atoms with Crippen LogP contribution in [0.3, 0.4) is 0 Å². The highest BCUT2D eigenvalue weighted by Crippen LogP contribution is 2.32. The van der Waals surface area contributed by atoms with Crippen LogP contribution in [-0.4, -0.2) is 26.6 Å². The minimum Gasteiger partial charge on any atom is -0.322 e. The number of carbonyl (C=O) groups is 2. The Balaban J connectivity index is 1.35. The summed E-state index contributed by atoms with van der Waals surface area (Å²) < 4.78 is 1.78. The Labute approximate surface area is 210 Å². The van der Waals surface area contributed by atoms with Crippen molar-refractivity contribution in [3.8, 4) is 0 Å². The number of anilines is 1. The van der Waals surface area contributed by atoms with E-state index in [9.17, 15) is 19.7 Å². The third-order valence-corrected chi connectivity index (χ3v) is 6.97. The van der Waals surface area contributed by atoms with Crippen LogP contribution in [-0.2, 0) is 0 Å². The number of fused-ring (bicyclic) bond motifs is 3. The van der Waals surface area contributed by atoms with Gasteiger partial charge in [-0.25, -0.2) is 0 Å². The third kappa shape index (κ3) is 4.46. The third-order valence-electron chi connectivity index (χ3n) is 5.89. The summed E-state index contributed by atoms with van der Waals surface area (Å²) in [5, 5.41) is 15.3. The molecule has 0 spiro atoms. The highest BCUT2D eigenvalue weighted by atomic mass is 32.2. The minimum absolute atomic E-state index is 0.0299. The van der Waals surface area contributed by atoms with Gasteiger partial charge >= 0.3 is 0 Å². The first kappa shape index (κ1) is 23.3. The molecule has 0 radical (unpaired) electrons. The van der Waals surface area contributed by atoms with Crippen LogP contribution >= 0.6 is 11.8 Å². The predicted molar refractivity (Wildman–Crippen MR) is 143 cm³/mol. The minimum atomic E-state index is -0.510. The number of amides is 1. The van der Waals surface area contributed by atoms with Crippen molar-refractivity contribution in [3.63, 3.8) is 0 Å². The summed E-state index contributed by atoms with van der Waals surface area (Å²) in [4.78, 5) is 37.3. The van der Waals surface area contributed by atoms with E-state index in [1.807, 2.05) is 73.7 Å². The van der Waals surface area contributed by atoms with Gasteiger partial charge in [-0.2, -0.15) is 0 Å². The van der Waals surface area contributed by atoms with Gasteiger partial charge in [0.25, 0.3) is 11.6 Å². The van der Waals surface area contributed by atoms with Gasteiger partial charge in [0.1, 0.15) is 0 Å². The van der Waals surface area contributed by atoms with Crippen molar-refractivity contribution in [1.82, 2.24) is 4.57 Å². The predicted octanol–water partition coefficient (Wildman–Crippen LogP) is 6.78. The van der Waals surface area contributed by atoms with Gasteiger partial charge in [0, 0.05) is 39.1 Å². The van der Waals surface area contributed by atoms with E-state index in [0.29, 0.717) is 11.3 Å². The molecule has 1 atom stereocenters. The molecular formula is C28H21N3O4S. The van der Waals surface area contributed by atoms with E-state index in [-0.39, 0.29) is 22.8 Å². The molecule has 1 unspecified atom stereocenters. The molecule has 1 N–H and O–H groups in total. The number of nitrogens with one attached hydrogen (secondary N) is 1. The van der Waals surface area contributed by atoms with E-state index < -0.39 is 4.92 Å². The fourth-order valence-electron chi connectivity index (χ4n) is 4.18.